The van der Waals surface area contributed by atoms with Crippen LogP contribution in [0.25, 0.3) is 0 Å². The van der Waals surface area contributed by atoms with Gasteiger partial charge in [0.1, 0.15) is 11.5 Å². The molecule has 238 valence electrons. The van der Waals surface area contributed by atoms with Crippen LogP contribution in [0.4, 0.5) is 0 Å². The summed E-state index contributed by atoms with van der Waals surface area (Å²) in [6, 6.07) is 19.8. The number of phenols is 1. The number of carbonyl (C=O) groups is 2. The highest BCUT2D eigenvalue weighted by Crippen LogP contribution is 2.39. The van der Waals surface area contributed by atoms with E-state index in [1.54, 1.807) is 47.6 Å². The predicted octanol–water partition coefficient (Wildman–Crippen LogP) is 7.97. The molecular formula is C35H45O8P. The van der Waals surface area contributed by atoms with Crippen molar-refractivity contribution in [3.05, 3.63) is 94.0 Å². The molecule has 0 unspecified atom stereocenters. The van der Waals surface area contributed by atoms with Gasteiger partial charge in [-0.15, -0.1) is 0 Å². The lowest BCUT2D eigenvalue weighted by atomic mass is 9.93. The first kappa shape index (κ1) is 35.0. The Bertz CT molecular complexity index is 1350. The lowest BCUT2D eigenvalue weighted by Gasteiger charge is -2.22. The second-order valence-corrected chi connectivity index (χ2v) is 14.2. The number of benzene rings is 3. The Morgan fingerprint density at radius 1 is 0.727 bits per heavy atom. The fourth-order valence-corrected chi connectivity index (χ4v) is 4.99. The molecule has 8 nitrogen and oxygen atoms in total. The van der Waals surface area contributed by atoms with Crippen LogP contribution in [0.1, 0.15) is 74.9 Å². The molecule has 1 N–H and O–H groups in total. The van der Waals surface area contributed by atoms with E-state index >= 15 is 0 Å². The molecule has 0 saturated heterocycles. The molecule has 3 rings (SSSR count). The summed E-state index contributed by atoms with van der Waals surface area (Å²) < 4.78 is 27.9. The Kier molecular flexibility index (Phi) is 12.4. The highest BCUT2D eigenvalue weighted by Gasteiger charge is 2.25. The summed E-state index contributed by atoms with van der Waals surface area (Å²) in [5.74, 6) is 0.111. The highest BCUT2D eigenvalue weighted by molar-refractivity contribution is 7.47. The van der Waals surface area contributed by atoms with E-state index in [0.717, 1.165) is 27.8 Å². The quantitative estimate of drug-likeness (QED) is 0.116. The molecule has 0 radical (unpaired) electrons. The zero-order chi connectivity index (χ0) is 32.5. The molecule has 3 aromatic rings. The molecule has 0 atom stereocenters. The van der Waals surface area contributed by atoms with Gasteiger partial charge in [-0.1, -0.05) is 42.5 Å². The molecule has 9 heteroatoms. The maximum atomic E-state index is 12.1. The highest BCUT2D eigenvalue weighted by atomic mass is 31.2. The summed E-state index contributed by atoms with van der Waals surface area (Å²) in [5, 5.41) is 10.5. The summed E-state index contributed by atoms with van der Waals surface area (Å²) in [4.78, 5) is 24.3. The minimum absolute atomic E-state index is 0.0362. The third-order valence-electron chi connectivity index (χ3n) is 6.77. The Labute approximate surface area is 262 Å². The van der Waals surface area contributed by atoms with Crippen LogP contribution in [0.2, 0.25) is 0 Å². The van der Waals surface area contributed by atoms with Crippen molar-refractivity contribution in [3.8, 4) is 11.5 Å². The number of esters is 2. The zero-order valence-electron chi connectivity index (χ0n) is 27.1. The standard InChI is InChI=1S/C35H45O8P/c1-24-16-29(41-23-44(42-21-39-32(37)34(3,4)5)43-22-40-33(38)35(6,7)8)17-25(2)30(24)20-27-14-15-31(36)28(19-27)18-26-12-10-9-11-13-26/h9-17,19,36H,18,20-23H2,1-8H3. The normalized spacial score (nSPS) is 11.8. The molecule has 0 aliphatic heterocycles. The van der Waals surface area contributed by atoms with Gasteiger partial charge in [0.2, 0.25) is 8.38 Å². The topological polar surface area (TPSA) is 101 Å². The smallest absolute Gasteiger partial charge is 0.313 e. The van der Waals surface area contributed by atoms with Gasteiger partial charge in [-0.05, 0) is 113 Å². The van der Waals surface area contributed by atoms with Crippen LogP contribution >= 0.6 is 8.38 Å². The third kappa shape index (κ3) is 10.9. The molecule has 0 fully saturated rings. The van der Waals surface area contributed by atoms with E-state index in [-0.39, 0.29) is 25.7 Å². The molecule has 0 amide bonds. The largest absolute Gasteiger partial charge is 0.508 e. The Hall–Kier alpha value is -3.45. The van der Waals surface area contributed by atoms with Crippen molar-refractivity contribution in [1.82, 2.24) is 0 Å². The summed E-state index contributed by atoms with van der Waals surface area (Å²) in [6.45, 7) is 14.0. The van der Waals surface area contributed by atoms with Gasteiger partial charge in [0.25, 0.3) is 0 Å². The lowest BCUT2D eigenvalue weighted by molar-refractivity contribution is -0.161. The molecule has 0 aliphatic rings. The van der Waals surface area contributed by atoms with Crippen molar-refractivity contribution >= 4 is 20.3 Å². The number of hydrogen-bond acceptors (Lipinski definition) is 8. The third-order valence-corrected chi connectivity index (χ3v) is 7.89. The van der Waals surface area contributed by atoms with Gasteiger partial charge in [-0.3, -0.25) is 18.6 Å². The Morgan fingerprint density at radius 2 is 1.27 bits per heavy atom. The van der Waals surface area contributed by atoms with Crippen LogP contribution in [0.15, 0.2) is 60.7 Å². The number of ether oxygens (including phenoxy) is 3. The van der Waals surface area contributed by atoms with Gasteiger partial charge in [-0.25, -0.2) is 0 Å². The van der Waals surface area contributed by atoms with Crippen molar-refractivity contribution in [2.24, 2.45) is 10.8 Å². The van der Waals surface area contributed by atoms with Crippen molar-refractivity contribution in [2.45, 2.75) is 68.2 Å². The van der Waals surface area contributed by atoms with E-state index in [2.05, 4.69) is 18.2 Å². The zero-order valence-corrected chi connectivity index (χ0v) is 28.0. The first-order valence-corrected chi connectivity index (χ1v) is 15.9. The molecule has 0 spiro atoms. The fraction of sp³-hybridized carbons (Fsp3) is 0.429. The number of hydrogen-bond donors (Lipinski definition) is 1. The van der Waals surface area contributed by atoms with Gasteiger partial charge in [0.15, 0.2) is 19.9 Å². The second kappa shape index (κ2) is 15.5. The van der Waals surface area contributed by atoms with Crippen LogP contribution in [-0.4, -0.2) is 37.0 Å². The monoisotopic (exact) mass is 624 g/mol. The van der Waals surface area contributed by atoms with E-state index in [4.69, 9.17) is 23.3 Å². The van der Waals surface area contributed by atoms with Gasteiger partial charge in [-0.2, -0.15) is 0 Å². The van der Waals surface area contributed by atoms with E-state index in [1.165, 1.54) is 5.56 Å². The van der Waals surface area contributed by atoms with E-state index in [1.807, 2.05) is 50.2 Å². The number of aryl methyl sites for hydroxylation is 2. The van der Waals surface area contributed by atoms with Crippen molar-refractivity contribution in [3.63, 3.8) is 0 Å². The first-order valence-electron chi connectivity index (χ1n) is 14.6. The molecule has 0 heterocycles. The minimum Gasteiger partial charge on any atom is -0.508 e. The summed E-state index contributed by atoms with van der Waals surface area (Å²) >= 11 is 0. The number of phenolic OH excluding ortho intramolecular Hbond substituents is 1. The summed E-state index contributed by atoms with van der Waals surface area (Å²) in [6.07, 6.45) is 1.40. The van der Waals surface area contributed by atoms with Crippen LogP contribution in [-0.2, 0) is 41.0 Å². The molecule has 0 aromatic heterocycles. The molecular weight excluding hydrogens is 579 g/mol. The van der Waals surface area contributed by atoms with Gasteiger partial charge in [0, 0.05) is 6.42 Å². The Morgan fingerprint density at radius 3 is 1.80 bits per heavy atom. The Balaban J connectivity index is 1.66. The molecule has 0 aliphatic carbocycles. The van der Waals surface area contributed by atoms with Gasteiger partial charge < -0.3 is 19.3 Å². The van der Waals surface area contributed by atoms with Crippen LogP contribution in [0, 0.1) is 24.7 Å². The average molecular weight is 625 g/mol. The second-order valence-electron chi connectivity index (χ2n) is 12.8. The van der Waals surface area contributed by atoms with Gasteiger partial charge >= 0.3 is 11.9 Å². The predicted molar refractivity (Wildman–Crippen MR) is 171 cm³/mol. The van der Waals surface area contributed by atoms with E-state index in [9.17, 15) is 14.7 Å². The molecule has 0 saturated carbocycles. The first-order chi connectivity index (χ1) is 20.6. The SMILES string of the molecule is Cc1cc(OCP(OCOC(=O)C(C)(C)C)OCOC(=O)C(C)(C)C)cc(C)c1Cc1ccc(O)c(Cc2ccccc2)c1. The lowest BCUT2D eigenvalue weighted by Crippen LogP contribution is -2.24. The van der Waals surface area contributed by atoms with Crippen LogP contribution in [0.3, 0.4) is 0 Å². The summed E-state index contributed by atoms with van der Waals surface area (Å²) in [7, 11) is -1.71. The number of carbonyl (C=O) groups excluding carboxylic acids is 2. The minimum atomic E-state index is -1.71. The van der Waals surface area contributed by atoms with E-state index < -0.39 is 31.1 Å². The molecule has 44 heavy (non-hydrogen) atoms. The van der Waals surface area contributed by atoms with E-state index in [0.29, 0.717) is 18.6 Å². The van der Waals surface area contributed by atoms with Crippen molar-refractivity contribution < 1.29 is 38.0 Å². The maximum absolute atomic E-state index is 12.1. The van der Waals surface area contributed by atoms with Crippen molar-refractivity contribution in [1.29, 1.82) is 0 Å². The average Bonchev–Trinajstić information content (AvgIpc) is 2.94. The summed E-state index contributed by atoms with van der Waals surface area (Å²) in [5.41, 5.74) is 5.07. The molecule has 3 aromatic carbocycles. The number of aromatic hydroxyl groups is 1. The van der Waals surface area contributed by atoms with Gasteiger partial charge in [0.05, 0.1) is 10.8 Å². The van der Waals surface area contributed by atoms with Crippen molar-refractivity contribution in [2.75, 3.05) is 19.9 Å². The fourth-order valence-electron chi connectivity index (χ4n) is 4.18. The maximum Gasteiger partial charge on any atom is 0.313 e. The van der Waals surface area contributed by atoms with Crippen LogP contribution in [0.5, 0.6) is 11.5 Å². The molecule has 0 bridgehead atoms. The number of rotatable bonds is 13. The van der Waals surface area contributed by atoms with Crippen LogP contribution < -0.4 is 4.74 Å².